The summed E-state index contributed by atoms with van der Waals surface area (Å²) in [4.78, 5) is 23.2. The monoisotopic (exact) mass is 356 g/mol. The van der Waals surface area contributed by atoms with Gasteiger partial charge >= 0.3 is 6.18 Å². The smallest absolute Gasteiger partial charge is 0.416 e. The molecule has 9 heteroatoms. The minimum absolute atomic E-state index is 0.0450. The van der Waals surface area contributed by atoms with Gasteiger partial charge in [-0.2, -0.15) is 13.2 Å². The Labute approximate surface area is 139 Å². The van der Waals surface area contributed by atoms with Crippen LogP contribution in [0.3, 0.4) is 0 Å². The van der Waals surface area contributed by atoms with Crippen molar-refractivity contribution in [1.82, 2.24) is 10.9 Å². The summed E-state index contributed by atoms with van der Waals surface area (Å²) in [5, 5.41) is 0. The van der Waals surface area contributed by atoms with Crippen molar-refractivity contribution in [2.75, 3.05) is 6.61 Å². The number of ether oxygens (including phenoxy) is 1. The van der Waals surface area contributed by atoms with E-state index in [1.54, 1.807) is 0 Å². The fourth-order valence-electron chi connectivity index (χ4n) is 1.76. The number of carbonyl (C=O) groups excluding carboxylic acids is 2. The van der Waals surface area contributed by atoms with E-state index in [9.17, 15) is 27.2 Å². The molecule has 0 unspecified atom stereocenters. The second-order valence-corrected chi connectivity index (χ2v) is 4.79. The molecule has 0 saturated carbocycles. The number of alkyl halides is 3. The van der Waals surface area contributed by atoms with Gasteiger partial charge in [0.2, 0.25) is 0 Å². The van der Waals surface area contributed by atoms with E-state index in [4.69, 9.17) is 4.74 Å². The number of halogens is 4. The minimum Gasteiger partial charge on any atom is -0.484 e. The second kappa shape index (κ2) is 7.65. The molecule has 0 aliphatic carbocycles. The molecule has 2 aromatic rings. The zero-order valence-corrected chi connectivity index (χ0v) is 12.6. The molecular formula is C16H12F4N2O3. The Hall–Kier alpha value is -3.10. The molecule has 0 spiro atoms. The van der Waals surface area contributed by atoms with Crippen molar-refractivity contribution in [3.05, 3.63) is 65.5 Å². The van der Waals surface area contributed by atoms with Crippen molar-refractivity contribution >= 4 is 11.8 Å². The minimum atomic E-state index is -4.47. The molecule has 0 fully saturated rings. The summed E-state index contributed by atoms with van der Waals surface area (Å²) in [5.41, 5.74) is 2.90. The molecule has 2 rings (SSSR count). The average Bonchev–Trinajstić information content (AvgIpc) is 2.58. The molecule has 0 atom stereocenters. The maximum Gasteiger partial charge on any atom is 0.416 e. The van der Waals surface area contributed by atoms with E-state index >= 15 is 0 Å². The van der Waals surface area contributed by atoms with Gasteiger partial charge in [-0.15, -0.1) is 0 Å². The predicted molar refractivity (Wildman–Crippen MR) is 78.9 cm³/mol. The SMILES string of the molecule is O=C(COc1ccc(C(F)(F)F)cc1)NNC(=O)c1ccccc1F. The van der Waals surface area contributed by atoms with E-state index in [0.717, 1.165) is 30.3 Å². The Bertz CT molecular complexity index is 761. The number of hydrogen-bond donors (Lipinski definition) is 2. The highest BCUT2D eigenvalue weighted by Gasteiger charge is 2.30. The summed E-state index contributed by atoms with van der Waals surface area (Å²) in [6.45, 7) is -0.553. The molecule has 2 amide bonds. The van der Waals surface area contributed by atoms with Crippen LogP contribution in [0.2, 0.25) is 0 Å². The summed E-state index contributed by atoms with van der Waals surface area (Å²) in [5.74, 6) is -2.34. The van der Waals surface area contributed by atoms with Crippen LogP contribution in [0.25, 0.3) is 0 Å². The quantitative estimate of drug-likeness (QED) is 0.654. The zero-order chi connectivity index (χ0) is 18.4. The van der Waals surface area contributed by atoms with E-state index < -0.39 is 36.0 Å². The van der Waals surface area contributed by atoms with Crippen molar-refractivity contribution in [2.45, 2.75) is 6.18 Å². The van der Waals surface area contributed by atoms with Gasteiger partial charge in [0.25, 0.3) is 11.8 Å². The van der Waals surface area contributed by atoms with Crippen LogP contribution in [0.1, 0.15) is 15.9 Å². The van der Waals surface area contributed by atoms with E-state index in [2.05, 4.69) is 0 Å². The topological polar surface area (TPSA) is 67.4 Å². The van der Waals surface area contributed by atoms with Gasteiger partial charge in [0.15, 0.2) is 6.61 Å². The maximum atomic E-state index is 13.4. The largest absolute Gasteiger partial charge is 0.484 e. The number of hydrazine groups is 1. The van der Waals surface area contributed by atoms with Crippen LogP contribution >= 0.6 is 0 Å². The number of hydrogen-bond acceptors (Lipinski definition) is 3. The maximum absolute atomic E-state index is 13.4. The first-order valence-electron chi connectivity index (χ1n) is 6.91. The zero-order valence-electron chi connectivity index (χ0n) is 12.6. The highest BCUT2D eigenvalue weighted by Crippen LogP contribution is 2.30. The standard InChI is InChI=1S/C16H12F4N2O3/c17-13-4-2-1-3-12(13)15(24)22-21-14(23)9-25-11-7-5-10(6-8-11)16(18,19)20/h1-8H,9H2,(H,21,23)(H,22,24). The Morgan fingerprint density at radius 1 is 0.960 bits per heavy atom. The molecule has 2 aromatic carbocycles. The molecule has 0 bridgehead atoms. The lowest BCUT2D eigenvalue weighted by Gasteiger charge is -2.10. The average molecular weight is 356 g/mol. The Morgan fingerprint density at radius 2 is 1.60 bits per heavy atom. The van der Waals surface area contributed by atoms with Crippen molar-refractivity contribution in [2.24, 2.45) is 0 Å². The summed E-state index contributed by atoms with van der Waals surface area (Å²) in [7, 11) is 0. The Kier molecular flexibility index (Phi) is 5.58. The van der Waals surface area contributed by atoms with Crippen molar-refractivity contribution in [3.8, 4) is 5.75 Å². The number of carbonyl (C=O) groups is 2. The van der Waals surface area contributed by atoms with E-state index in [1.807, 2.05) is 10.9 Å². The Morgan fingerprint density at radius 3 is 2.20 bits per heavy atom. The first-order chi connectivity index (χ1) is 11.8. The molecule has 0 heterocycles. The lowest BCUT2D eigenvalue weighted by molar-refractivity contribution is -0.137. The van der Waals surface area contributed by atoms with Gasteiger partial charge in [0.1, 0.15) is 11.6 Å². The fourth-order valence-corrected chi connectivity index (χ4v) is 1.76. The summed E-state index contributed by atoms with van der Waals surface area (Å²) >= 11 is 0. The predicted octanol–water partition coefficient (Wildman–Crippen LogP) is 2.68. The first kappa shape index (κ1) is 18.2. The molecule has 25 heavy (non-hydrogen) atoms. The number of amides is 2. The summed E-state index contributed by atoms with van der Waals surface area (Å²) in [6.07, 6.45) is -4.47. The van der Waals surface area contributed by atoms with Gasteiger partial charge in [0.05, 0.1) is 11.1 Å². The molecule has 132 valence electrons. The van der Waals surface area contributed by atoms with Gasteiger partial charge in [-0.25, -0.2) is 4.39 Å². The highest BCUT2D eigenvalue weighted by atomic mass is 19.4. The third-order valence-electron chi connectivity index (χ3n) is 2.99. The second-order valence-electron chi connectivity index (χ2n) is 4.79. The van der Waals surface area contributed by atoms with Crippen LogP contribution in [0, 0.1) is 5.82 Å². The van der Waals surface area contributed by atoms with Gasteiger partial charge < -0.3 is 4.74 Å². The van der Waals surface area contributed by atoms with Crippen LogP contribution in [0.15, 0.2) is 48.5 Å². The number of nitrogens with one attached hydrogen (secondary N) is 2. The van der Waals surface area contributed by atoms with Gasteiger partial charge in [0, 0.05) is 0 Å². The summed E-state index contributed by atoms with van der Waals surface area (Å²) < 4.78 is 55.6. The van der Waals surface area contributed by atoms with Crippen LogP contribution in [0.5, 0.6) is 5.75 Å². The molecule has 0 saturated heterocycles. The fraction of sp³-hybridized carbons (Fsp3) is 0.125. The molecule has 5 nitrogen and oxygen atoms in total. The molecule has 0 aliphatic rings. The number of rotatable bonds is 4. The van der Waals surface area contributed by atoms with E-state index in [0.29, 0.717) is 0 Å². The molecular weight excluding hydrogens is 344 g/mol. The number of benzene rings is 2. The van der Waals surface area contributed by atoms with Crippen molar-refractivity contribution in [1.29, 1.82) is 0 Å². The van der Waals surface area contributed by atoms with Crippen LogP contribution in [-0.4, -0.2) is 18.4 Å². The Balaban J connectivity index is 1.81. The van der Waals surface area contributed by atoms with Crippen LogP contribution < -0.4 is 15.6 Å². The van der Waals surface area contributed by atoms with Gasteiger partial charge in [-0.1, -0.05) is 12.1 Å². The molecule has 2 N–H and O–H groups in total. The highest BCUT2D eigenvalue weighted by molar-refractivity contribution is 5.95. The van der Waals surface area contributed by atoms with Gasteiger partial charge in [-0.3, -0.25) is 20.4 Å². The van der Waals surface area contributed by atoms with E-state index in [-0.39, 0.29) is 11.3 Å². The lowest BCUT2D eigenvalue weighted by atomic mass is 10.2. The van der Waals surface area contributed by atoms with Crippen molar-refractivity contribution in [3.63, 3.8) is 0 Å². The van der Waals surface area contributed by atoms with E-state index in [1.165, 1.54) is 18.2 Å². The third-order valence-corrected chi connectivity index (χ3v) is 2.99. The normalized spacial score (nSPS) is 10.9. The van der Waals surface area contributed by atoms with Crippen LogP contribution in [0.4, 0.5) is 17.6 Å². The molecule has 0 aromatic heterocycles. The first-order valence-corrected chi connectivity index (χ1v) is 6.91. The third kappa shape index (κ3) is 5.20. The van der Waals surface area contributed by atoms with Gasteiger partial charge in [-0.05, 0) is 36.4 Å². The molecule has 0 aliphatic heterocycles. The summed E-state index contributed by atoms with van der Waals surface area (Å²) in [6, 6.07) is 8.93. The van der Waals surface area contributed by atoms with Crippen LogP contribution in [-0.2, 0) is 11.0 Å². The van der Waals surface area contributed by atoms with Crippen molar-refractivity contribution < 1.29 is 31.9 Å². The molecule has 0 radical (unpaired) electrons. The lowest BCUT2D eigenvalue weighted by Crippen LogP contribution is -2.44.